The minimum absolute atomic E-state index is 0.235. The number of aryl methyl sites for hydroxylation is 1. The molecule has 1 atom stereocenters. The molecule has 0 aromatic heterocycles. The molecule has 0 fully saturated rings. The molecule has 0 saturated carbocycles. The molecule has 1 unspecified atom stereocenters. The van der Waals surface area contributed by atoms with Gasteiger partial charge in [0.25, 0.3) is 0 Å². The van der Waals surface area contributed by atoms with Gasteiger partial charge in [-0.1, -0.05) is 35.9 Å². The lowest BCUT2D eigenvalue weighted by atomic mass is 9.99. The molecule has 0 aliphatic carbocycles. The van der Waals surface area contributed by atoms with E-state index in [1.54, 1.807) is 14.1 Å². The maximum atomic E-state index is 11.6. The van der Waals surface area contributed by atoms with Crippen molar-refractivity contribution in [1.29, 1.82) is 0 Å². The molecule has 1 N–H and O–H groups in total. The molecule has 0 heterocycles. The van der Waals surface area contributed by atoms with E-state index in [1.807, 2.05) is 43.4 Å². The number of rotatable bonds is 6. The highest BCUT2D eigenvalue weighted by molar-refractivity contribution is 6.30. The molecule has 24 heavy (non-hydrogen) atoms. The first kappa shape index (κ1) is 18.3. The molecular weight excluding hydrogens is 324 g/mol. The maximum absolute atomic E-state index is 11.6. The Hall–Kier alpha value is -2.04. The van der Waals surface area contributed by atoms with Crippen molar-refractivity contribution in [1.82, 2.24) is 10.2 Å². The van der Waals surface area contributed by atoms with Crippen molar-refractivity contribution >= 4 is 17.7 Å². The summed E-state index contributed by atoms with van der Waals surface area (Å²) in [6.07, 6.45) is 1.55. The lowest BCUT2D eigenvalue weighted by molar-refractivity contribution is 0.172. The Balaban J connectivity index is 1.97. The van der Waals surface area contributed by atoms with Crippen molar-refractivity contribution in [3.63, 3.8) is 0 Å². The zero-order valence-electron chi connectivity index (χ0n) is 14.3. The number of benzene rings is 2. The van der Waals surface area contributed by atoms with E-state index in [-0.39, 0.29) is 12.1 Å². The van der Waals surface area contributed by atoms with Crippen molar-refractivity contribution in [2.24, 2.45) is 0 Å². The van der Waals surface area contributed by atoms with Crippen LogP contribution in [0.3, 0.4) is 0 Å². The van der Waals surface area contributed by atoms with Crippen LogP contribution in [-0.4, -0.2) is 32.1 Å². The Morgan fingerprint density at radius 1 is 1.12 bits per heavy atom. The summed E-state index contributed by atoms with van der Waals surface area (Å²) in [6.45, 7) is 0. The van der Waals surface area contributed by atoms with E-state index in [4.69, 9.17) is 16.3 Å². The number of hydrogen-bond acceptors (Lipinski definition) is 3. The molecule has 0 aliphatic rings. The Morgan fingerprint density at radius 2 is 1.75 bits per heavy atom. The molecule has 0 aliphatic heterocycles. The number of halogens is 1. The minimum atomic E-state index is -0.379. The summed E-state index contributed by atoms with van der Waals surface area (Å²) >= 11 is 5.92. The van der Waals surface area contributed by atoms with Crippen LogP contribution in [0.1, 0.15) is 23.6 Å². The van der Waals surface area contributed by atoms with Crippen LogP contribution in [0.5, 0.6) is 5.75 Å². The van der Waals surface area contributed by atoms with Gasteiger partial charge in [0.15, 0.2) is 0 Å². The Kier molecular flexibility index (Phi) is 6.64. The standard InChI is InChI=1S/C19H23ClN2O2/c1-21-18(13-6-14-4-9-16(20)10-5-14)15-7-11-17(12-8-15)24-19(23)22(2)3/h4-5,7-12,18,21H,6,13H2,1-3H3. The average molecular weight is 347 g/mol. The van der Waals surface area contributed by atoms with Gasteiger partial charge in [-0.3, -0.25) is 0 Å². The van der Waals surface area contributed by atoms with Gasteiger partial charge in [-0.25, -0.2) is 4.79 Å². The Morgan fingerprint density at radius 3 is 2.29 bits per heavy atom. The molecular formula is C19H23ClN2O2. The van der Waals surface area contributed by atoms with E-state index in [0.29, 0.717) is 5.75 Å². The average Bonchev–Trinajstić information content (AvgIpc) is 2.58. The minimum Gasteiger partial charge on any atom is -0.410 e. The maximum Gasteiger partial charge on any atom is 0.414 e. The fourth-order valence-corrected chi connectivity index (χ4v) is 2.53. The van der Waals surface area contributed by atoms with E-state index in [1.165, 1.54) is 10.5 Å². The van der Waals surface area contributed by atoms with E-state index in [9.17, 15) is 4.79 Å². The summed E-state index contributed by atoms with van der Waals surface area (Å²) in [6, 6.07) is 15.8. The van der Waals surface area contributed by atoms with Crippen molar-refractivity contribution in [3.05, 3.63) is 64.7 Å². The molecule has 0 bridgehead atoms. The summed E-state index contributed by atoms with van der Waals surface area (Å²) in [5, 5.41) is 4.09. The highest BCUT2D eigenvalue weighted by atomic mass is 35.5. The molecule has 2 rings (SSSR count). The van der Waals surface area contributed by atoms with Crippen LogP contribution >= 0.6 is 11.6 Å². The molecule has 1 amide bonds. The number of nitrogens with zero attached hydrogens (tertiary/aromatic N) is 1. The van der Waals surface area contributed by atoms with Gasteiger partial charge in [-0.05, 0) is 55.3 Å². The zero-order chi connectivity index (χ0) is 17.5. The molecule has 0 saturated heterocycles. The van der Waals surface area contributed by atoms with Gasteiger partial charge in [-0.15, -0.1) is 0 Å². The van der Waals surface area contributed by atoms with E-state index in [0.717, 1.165) is 23.4 Å². The van der Waals surface area contributed by atoms with Crippen LogP contribution in [0.25, 0.3) is 0 Å². The van der Waals surface area contributed by atoms with Crippen molar-refractivity contribution in [2.45, 2.75) is 18.9 Å². The monoisotopic (exact) mass is 346 g/mol. The second-order valence-electron chi connectivity index (χ2n) is 5.84. The first-order valence-electron chi connectivity index (χ1n) is 7.90. The number of ether oxygens (including phenoxy) is 1. The van der Waals surface area contributed by atoms with Crippen LogP contribution in [0.15, 0.2) is 48.5 Å². The Bertz CT molecular complexity index is 654. The number of hydrogen-bond donors (Lipinski definition) is 1. The third-order valence-corrected chi connectivity index (χ3v) is 4.09. The fourth-order valence-electron chi connectivity index (χ4n) is 2.40. The molecule has 2 aromatic rings. The van der Waals surface area contributed by atoms with Crippen LogP contribution in [0.2, 0.25) is 5.02 Å². The molecule has 4 nitrogen and oxygen atoms in total. The molecule has 128 valence electrons. The molecule has 0 radical (unpaired) electrons. The number of carbonyl (C=O) groups is 1. The van der Waals surface area contributed by atoms with Crippen LogP contribution in [0.4, 0.5) is 4.79 Å². The molecule has 0 spiro atoms. The van der Waals surface area contributed by atoms with Crippen molar-refractivity contribution < 1.29 is 9.53 Å². The quantitative estimate of drug-likeness (QED) is 0.848. The molecule has 2 aromatic carbocycles. The van der Waals surface area contributed by atoms with Crippen LogP contribution in [0, 0.1) is 0 Å². The van der Waals surface area contributed by atoms with Gasteiger partial charge in [0.1, 0.15) is 5.75 Å². The summed E-state index contributed by atoms with van der Waals surface area (Å²) in [4.78, 5) is 13.0. The predicted octanol–water partition coefficient (Wildman–Crippen LogP) is 4.29. The fraction of sp³-hybridized carbons (Fsp3) is 0.316. The van der Waals surface area contributed by atoms with Gasteiger partial charge in [0.05, 0.1) is 0 Å². The Labute approximate surface area is 148 Å². The predicted molar refractivity (Wildman–Crippen MR) is 97.7 cm³/mol. The summed E-state index contributed by atoms with van der Waals surface area (Å²) in [5.41, 5.74) is 2.42. The van der Waals surface area contributed by atoms with Gasteiger partial charge in [0.2, 0.25) is 0 Å². The number of nitrogens with one attached hydrogen (secondary N) is 1. The second-order valence-corrected chi connectivity index (χ2v) is 6.27. The van der Waals surface area contributed by atoms with E-state index >= 15 is 0 Å². The van der Waals surface area contributed by atoms with Gasteiger partial charge in [0, 0.05) is 25.2 Å². The summed E-state index contributed by atoms with van der Waals surface area (Å²) in [5.74, 6) is 0.546. The van der Waals surface area contributed by atoms with Gasteiger partial charge >= 0.3 is 6.09 Å². The van der Waals surface area contributed by atoms with Crippen LogP contribution in [-0.2, 0) is 6.42 Å². The zero-order valence-corrected chi connectivity index (χ0v) is 15.0. The highest BCUT2D eigenvalue weighted by Crippen LogP contribution is 2.22. The van der Waals surface area contributed by atoms with E-state index < -0.39 is 0 Å². The van der Waals surface area contributed by atoms with E-state index in [2.05, 4.69) is 17.4 Å². The summed E-state index contributed by atoms with van der Waals surface area (Å²) in [7, 11) is 5.27. The van der Waals surface area contributed by atoms with Gasteiger partial charge in [-0.2, -0.15) is 0 Å². The normalized spacial score (nSPS) is 11.8. The topological polar surface area (TPSA) is 41.6 Å². The third kappa shape index (κ3) is 5.25. The van der Waals surface area contributed by atoms with Crippen LogP contribution < -0.4 is 10.1 Å². The van der Waals surface area contributed by atoms with Crippen molar-refractivity contribution in [3.8, 4) is 5.75 Å². The summed E-state index contributed by atoms with van der Waals surface area (Å²) < 4.78 is 5.24. The third-order valence-electron chi connectivity index (χ3n) is 3.84. The molecule has 5 heteroatoms. The highest BCUT2D eigenvalue weighted by Gasteiger charge is 2.11. The number of carbonyl (C=O) groups excluding carboxylic acids is 1. The van der Waals surface area contributed by atoms with Gasteiger partial charge < -0.3 is 15.0 Å². The number of amides is 1. The second kappa shape index (κ2) is 8.71. The lowest BCUT2D eigenvalue weighted by Gasteiger charge is -2.17. The largest absolute Gasteiger partial charge is 0.414 e. The lowest BCUT2D eigenvalue weighted by Crippen LogP contribution is -2.25. The smallest absolute Gasteiger partial charge is 0.410 e. The van der Waals surface area contributed by atoms with Crippen molar-refractivity contribution in [2.75, 3.05) is 21.1 Å². The SMILES string of the molecule is CNC(CCc1ccc(Cl)cc1)c1ccc(OC(=O)N(C)C)cc1. The first-order chi connectivity index (χ1) is 11.5. The first-order valence-corrected chi connectivity index (χ1v) is 8.28.